The lowest BCUT2D eigenvalue weighted by molar-refractivity contribution is -0.138. The molecule has 3 heteroatoms. The maximum absolute atomic E-state index is 11.3. The molecule has 1 aliphatic carbocycles. The molecule has 2 nitrogen and oxygen atoms in total. The molecular weight excluding hydrogens is 172 g/mol. The van der Waals surface area contributed by atoms with Crippen LogP contribution >= 0.6 is 12.0 Å². The monoisotopic (exact) mass is 188 g/mol. The first-order valence-corrected chi connectivity index (χ1v) is 5.59. The van der Waals surface area contributed by atoms with Crippen molar-refractivity contribution in [1.29, 1.82) is 0 Å². The fourth-order valence-corrected chi connectivity index (χ4v) is 1.89. The maximum Gasteiger partial charge on any atom is 0.320 e. The molecule has 70 valence electrons. The van der Waals surface area contributed by atoms with E-state index in [-0.39, 0.29) is 11.9 Å². The maximum atomic E-state index is 11.3. The van der Waals surface area contributed by atoms with Crippen molar-refractivity contribution in [3.63, 3.8) is 0 Å². The van der Waals surface area contributed by atoms with Crippen molar-refractivity contribution in [2.24, 2.45) is 5.92 Å². The molecule has 0 aliphatic heterocycles. The van der Waals surface area contributed by atoms with Crippen molar-refractivity contribution >= 4 is 18.0 Å². The first kappa shape index (κ1) is 9.90. The lowest BCUT2D eigenvalue weighted by Crippen LogP contribution is -2.18. The van der Waals surface area contributed by atoms with Gasteiger partial charge in [0.05, 0.1) is 18.0 Å². The predicted molar refractivity (Wildman–Crippen MR) is 50.8 cm³/mol. The van der Waals surface area contributed by atoms with Gasteiger partial charge in [-0.05, 0) is 12.8 Å². The van der Waals surface area contributed by atoms with Gasteiger partial charge in [-0.1, -0.05) is 26.2 Å². The molecule has 0 aromatic carbocycles. The summed E-state index contributed by atoms with van der Waals surface area (Å²) in [5.74, 6) is 1.04. The minimum absolute atomic E-state index is 0.00144. The molecule has 0 aromatic rings. The second-order valence-corrected chi connectivity index (χ2v) is 4.12. The fourth-order valence-electron chi connectivity index (χ4n) is 1.52. The third-order valence-corrected chi connectivity index (χ3v) is 2.72. The van der Waals surface area contributed by atoms with Crippen LogP contribution in [0.2, 0.25) is 0 Å². The number of hydrogen-bond acceptors (Lipinski definition) is 3. The van der Waals surface area contributed by atoms with Crippen LogP contribution in [0.5, 0.6) is 0 Å². The van der Waals surface area contributed by atoms with Crippen molar-refractivity contribution in [3.05, 3.63) is 0 Å². The SMILES string of the molecule is CCSOC(=O)C1CCCCC1. The Hall–Kier alpha value is -0.180. The highest BCUT2D eigenvalue weighted by Crippen LogP contribution is 2.25. The third-order valence-electron chi connectivity index (χ3n) is 2.20. The topological polar surface area (TPSA) is 26.3 Å². The molecule has 0 N–H and O–H groups in total. The summed E-state index contributed by atoms with van der Waals surface area (Å²) in [5, 5.41) is 0. The van der Waals surface area contributed by atoms with Gasteiger partial charge in [-0.2, -0.15) is 0 Å². The number of rotatable bonds is 3. The van der Waals surface area contributed by atoms with Crippen LogP contribution in [0.4, 0.5) is 0 Å². The van der Waals surface area contributed by atoms with Gasteiger partial charge < -0.3 is 4.18 Å². The van der Waals surface area contributed by atoms with Crippen molar-refractivity contribution in [3.8, 4) is 0 Å². The zero-order valence-electron chi connectivity index (χ0n) is 7.54. The molecule has 0 saturated heterocycles. The summed E-state index contributed by atoms with van der Waals surface area (Å²) in [6, 6.07) is 0. The molecule has 0 radical (unpaired) electrons. The highest BCUT2D eigenvalue weighted by atomic mass is 32.2. The molecule has 1 fully saturated rings. The first-order valence-electron chi connectivity index (χ1n) is 4.68. The van der Waals surface area contributed by atoms with E-state index in [0.717, 1.165) is 18.6 Å². The number of hydrogen-bond donors (Lipinski definition) is 0. The Kier molecular flexibility index (Phi) is 4.51. The van der Waals surface area contributed by atoms with E-state index in [1.807, 2.05) is 6.92 Å². The zero-order valence-corrected chi connectivity index (χ0v) is 8.36. The van der Waals surface area contributed by atoms with Crippen LogP contribution in [0.25, 0.3) is 0 Å². The molecule has 1 aliphatic rings. The minimum Gasteiger partial charge on any atom is -0.391 e. The van der Waals surface area contributed by atoms with Gasteiger partial charge in [0.1, 0.15) is 0 Å². The molecule has 0 spiro atoms. The van der Waals surface area contributed by atoms with E-state index in [0.29, 0.717) is 0 Å². The summed E-state index contributed by atoms with van der Waals surface area (Å²) in [6.07, 6.45) is 5.73. The Morgan fingerprint density at radius 3 is 2.67 bits per heavy atom. The smallest absolute Gasteiger partial charge is 0.320 e. The average molecular weight is 188 g/mol. The van der Waals surface area contributed by atoms with E-state index in [1.54, 1.807) is 0 Å². The van der Waals surface area contributed by atoms with Crippen LogP contribution in [0.3, 0.4) is 0 Å². The van der Waals surface area contributed by atoms with Gasteiger partial charge in [0.25, 0.3) is 0 Å². The van der Waals surface area contributed by atoms with Crippen LogP contribution < -0.4 is 0 Å². The second-order valence-electron chi connectivity index (χ2n) is 3.14. The van der Waals surface area contributed by atoms with Crippen LogP contribution in [-0.4, -0.2) is 11.7 Å². The van der Waals surface area contributed by atoms with Crippen molar-refractivity contribution in [2.45, 2.75) is 39.0 Å². The van der Waals surface area contributed by atoms with Crippen molar-refractivity contribution in [2.75, 3.05) is 5.75 Å². The molecule has 0 bridgehead atoms. The van der Waals surface area contributed by atoms with Gasteiger partial charge in [0, 0.05) is 5.75 Å². The Bertz CT molecular complexity index is 141. The molecule has 12 heavy (non-hydrogen) atoms. The summed E-state index contributed by atoms with van der Waals surface area (Å²) in [6.45, 7) is 1.98. The van der Waals surface area contributed by atoms with E-state index in [1.165, 1.54) is 31.3 Å². The number of carbonyl (C=O) groups excluding carboxylic acids is 1. The zero-order chi connectivity index (χ0) is 8.81. The van der Waals surface area contributed by atoms with Crippen LogP contribution in [-0.2, 0) is 8.98 Å². The molecule has 0 atom stereocenters. The minimum atomic E-state index is 0.00144. The summed E-state index contributed by atoms with van der Waals surface area (Å²) in [7, 11) is 0. The van der Waals surface area contributed by atoms with Crippen molar-refractivity contribution in [1.82, 2.24) is 0 Å². The third kappa shape index (κ3) is 3.05. The highest BCUT2D eigenvalue weighted by molar-refractivity contribution is 7.95. The van der Waals surface area contributed by atoms with E-state index in [9.17, 15) is 4.79 Å². The first-order chi connectivity index (χ1) is 5.84. The average Bonchev–Trinajstić information content (AvgIpc) is 2.15. The van der Waals surface area contributed by atoms with E-state index in [4.69, 9.17) is 4.18 Å². The molecule has 0 amide bonds. The van der Waals surface area contributed by atoms with Crippen LogP contribution in [0.1, 0.15) is 39.0 Å². The summed E-state index contributed by atoms with van der Waals surface area (Å²) in [4.78, 5) is 11.3. The number of carbonyl (C=O) groups is 1. The molecule has 1 saturated carbocycles. The molecule has 0 unspecified atom stereocenters. The van der Waals surface area contributed by atoms with Gasteiger partial charge in [-0.3, -0.25) is 4.79 Å². The van der Waals surface area contributed by atoms with Crippen LogP contribution in [0.15, 0.2) is 0 Å². The quantitative estimate of drug-likeness (QED) is 0.637. The van der Waals surface area contributed by atoms with Gasteiger partial charge in [-0.25, -0.2) is 0 Å². The lowest BCUT2D eigenvalue weighted by Gasteiger charge is -2.18. The van der Waals surface area contributed by atoms with Crippen LogP contribution in [0, 0.1) is 5.92 Å². The summed E-state index contributed by atoms with van der Waals surface area (Å²) in [5.41, 5.74) is 0. The molecule has 0 aromatic heterocycles. The lowest BCUT2D eigenvalue weighted by atomic mass is 9.90. The van der Waals surface area contributed by atoms with Gasteiger partial charge >= 0.3 is 5.97 Å². The van der Waals surface area contributed by atoms with Gasteiger partial charge in [0.2, 0.25) is 0 Å². The second kappa shape index (κ2) is 5.46. The summed E-state index contributed by atoms with van der Waals surface area (Å²) < 4.78 is 5.01. The Morgan fingerprint density at radius 1 is 1.42 bits per heavy atom. The standard InChI is InChI=1S/C9H16O2S/c1-2-12-11-9(10)8-6-4-3-5-7-8/h8H,2-7H2,1H3. The molecule has 0 heterocycles. The van der Waals surface area contributed by atoms with E-state index in [2.05, 4.69) is 0 Å². The Labute approximate surface area is 78.3 Å². The Balaban J connectivity index is 2.20. The fraction of sp³-hybridized carbons (Fsp3) is 0.889. The molecule has 1 rings (SSSR count). The normalized spacial score (nSPS) is 19.1. The van der Waals surface area contributed by atoms with Crippen molar-refractivity contribution < 1.29 is 8.98 Å². The van der Waals surface area contributed by atoms with Gasteiger partial charge in [0.15, 0.2) is 0 Å². The Morgan fingerprint density at radius 2 is 2.08 bits per heavy atom. The van der Waals surface area contributed by atoms with E-state index >= 15 is 0 Å². The molecular formula is C9H16O2S. The highest BCUT2D eigenvalue weighted by Gasteiger charge is 2.22. The van der Waals surface area contributed by atoms with Gasteiger partial charge in [-0.15, -0.1) is 0 Å². The summed E-state index contributed by atoms with van der Waals surface area (Å²) >= 11 is 1.26. The largest absolute Gasteiger partial charge is 0.391 e. The predicted octanol–water partition coefficient (Wildman–Crippen LogP) is 2.78. The van der Waals surface area contributed by atoms with E-state index < -0.39 is 0 Å².